The summed E-state index contributed by atoms with van der Waals surface area (Å²) < 4.78 is 0. The minimum atomic E-state index is -0.967. The zero-order valence-corrected chi connectivity index (χ0v) is 12.5. The molecule has 0 aliphatic heterocycles. The zero-order chi connectivity index (χ0) is 15.4. The first-order valence-corrected chi connectivity index (χ1v) is 7.21. The van der Waals surface area contributed by atoms with Crippen LogP contribution >= 0.6 is 11.3 Å². The van der Waals surface area contributed by atoms with Gasteiger partial charge >= 0.3 is 5.97 Å². The second-order valence-electron chi connectivity index (χ2n) is 4.56. The molecule has 1 unspecified atom stereocenters. The van der Waals surface area contributed by atoms with Crippen LogP contribution in [0.4, 0.5) is 0 Å². The summed E-state index contributed by atoms with van der Waals surface area (Å²) in [6.45, 7) is 3.47. The first kappa shape index (κ1) is 15.1. The monoisotopic (exact) mass is 305 g/mol. The number of nitrogens with zero attached hydrogens (tertiary/aromatic N) is 2. The van der Waals surface area contributed by atoms with Gasteiger partial charge in [0.15, 0.2) is 0 Å². The molecule has 2 aromatic heterocycles. The molecule has 0 saturated carbocycles. The van der Waals surface area contributed by atoms with E-state index in [0.717, 1.165) is 4.88 Å². The minimum Gasteiger partial charge on any atom is -0.481 e. The van der Waals surface area contributed by atoms with Crippen molar-refractivity contribution in [2.75, 3.05) is 0 Å². The lowest BCUT2D eigenvalue weighted by Gasteiger charge is -2.16. The molecule has 6 nitrogen and oxygen atoms in total. The molecule has 2 aromatic rings. The molecule has 0 radical (unpaired) electrons. The van der Waals surface area contributed by atoms with Gasteiger partial charge in [0.2, 0.25) is 0 Å². The largest absolute Gasteiger partial charge is 0.481 e. The summed E-state index contributed by atoms with van der Waals surface area (Å²) in [6.07, 6.45) is 1.29. The van der Waals surface area contributed by atoms with E-state index in [1.54, 1.807) is 19.9 Å². The van der Waals surface area contributed by atoms with E-state index in [1.807, 2.05) is 11.4 Å². The van der Waals surface area contributed by atoms with Crippen LogP contribution in [0.1, 0.15) is 39.2 Å². The van der Waals surface area contributed by atoms with E-state index in [9.17, 15) is 9.59 Å². The van der Waals surface area contributed by atoms with E-state index in [4.69, 9.17) is 5.11 Å². The fourth-order valence-electron chi connectivity index (χ4n) is 1.93. The van der Waals surface area contributed by atoms with E-state index < -0.39 is 12.0 Å². The normalized spacial score (nSPS) is 11.9. The van der Waals surface area contributed by atoms with Gasteiger partial charge < -0.3 is 10.4 Å². The van der Waals surface area contributed by atoms with Crippen LogP contribution in [0.5, 0.6) is 0 Å². The summed E-state index contributed by atoms with van der Waals surface area (Å²) in [5, 5.41) is 13.6. The van der Waals surface area contributed by atoms with Gasteiger partial charge in [-0.2, -0.15) is 0 Å². The summed E-state index contributed by atoms with van der Waals surface area (Å²) in [5.41, 5.74) is 0.924. The van der Waals surface area contributed by atoms with Crippen LogP contribution in [-0.2, 0) is 4.79 Å². The molecule has 0 aliphatic rings. The fourth-order valence-corrected chi connectivity index (χ4v) is 2.71. The minimum absolute atomic E-state index is 0.169. The predicted molar refractivity (Wildman–Crippen MR) is 78.3 cm³/mol. The lowest BCUT2D eigenvalue weighted by molar-refractivity contribution is -0.137. The van der Waals surface area contributed by atoms with E-state index in [0.29, 0.717) is 17.1 Å². The number of carboxylic acid groups (broad SMARTS) is 1. The number of carboxylic acids is 1. The predicted octanol–water partition coefficient (Wildman–Crippen LogP) is 2.10. The smallest absolute Gasteiger partial charge is 0.305 e. The van der Waals surface area contributed by atoms with Crippen LogP contribution in [0.25, 0.3) is 0 Å². The van der Waals surface area contributed by atoms with Gasteiger partial charge in [0, 0.05) is 11.1 Å². The molecule has 1 amide bonds. The molecule has 0 saturated heterocycles. The summed E-state index contributed by atoms with van der Waals surface area (Å²) in [5.74, 6) is -0.748. The number of aliphatic carboxylic acids is 1. The third-order valence-corrected chi connectivity index (χ3v) is 3.90. The van der Waals surface area contributed by atoms with Gasteiger partial charge in [-0.1, -0.05) is 6.07 Å². The SMILES string of the molecule is Cc1ncc(C(=O)NC(CC(=O)O)c2cccs2)c(C)n1. The number of amides is 1. The highest BCUT2D eigenvalue weighted by molar-refractivity contribution is 7.10. The number of aromatic nitrogens is 2. The van der Waals surface area contributed by atoms with Gasteiger partial charge in [0.1, 0.15) is 5.82 Å². The molecule has 21 heavy (non-hydrogen) atoms. The number of aryl methyl sites for hydroxylation is 2. The van der Waals surface area contributed by atoms with Crippen molar-refractivity contribution < 1.29 is 14.7 Å². The van der Waals surface area contributed by atoms with Crippen molar-refractivity contribution in [1.29, 1.82) is 0 Å². The second-order valence-corrected chi connectivity index (χ2v) is 5.53. The van der Waals surface area contributed by atoms with E-state index >= 15 is 0 Å². The Morgan fingerprint density at radius 1 is 1.43 bits per heavy atom. The molecule has 0 aliphatic carbocycles. The lowest BCUT2D eigenvalue weighted by Crippen LogP contribution is -2.30. The standard InChI is InChI=1S/C14H15N3O3S/c1-8-10(7-15-9(2)16-8)14(20)17-11(6-13(18)19)12-4-3-5-21-12/h3-5,7,11H,6H2,1-2H3,(H,17,20)(H,18,19). The highest BCUT2D eigenvalue weighted by Gasteiger charge is 2.21. The number of carbonyl (C=O) groups is 2. The first-order chi connectivity index (χ1) is 9.97. The third-order valence-electron chi connectivity index (χ3n) is 2.92. The maximum atomic E-state index is 12.3. The Kier molecular flexibility index (Phi) is 4.64. The molecule has 2 N–H and O–H groups in total. The Balaban J connectivity index is 2.20. The fraction of sp³-hybridized carbons (Fsp3) is 0.286. The number of rotatable bonds is 5. The Labute approximate surface area is 125 Å². The van der Waals surface area contributed by atoms with Crippen molar-refractivity contribution in [1.82, 2.24) is 15.3 Å². The molecular formula is C14H15N3O3S. The van der Waals surface area contributed by atoms with Gasteiger partial charge in [0.25, 0.3) is 5.91 Å². The van der Waals surface area contributed by atoms with E-state index in [-0.39, 0.29) is 12.3 Å². The molecule has 2 heterocycles. The maximum absolute atomic E-state index is 12.3. The molecule has 0 aromatic carbocycles. The third kappa shape index (κ3) is 3.85. The molecule has 1 atom stereocenters. The molecule has 7 heteroatoms. The average Bonchev–Trinajstić information content (AvgIpc) is 2.90. The van der Waals surface area contributed by atoms with Gasteiger partial charge in [-0.15, -0.1) is 11.3 Å². The van der Waals surface area contributed by atoms with Gasteiger partial charge in [-0.3, -0.25) is 9.59 Å². The summed E-state index contributed by atoms with van der Waals surface area (Å²) >= 11 is 1.41. The lowest BCUT2D eigenvalue weighted by atomic mass is 10.1. The molecule has 2 rings (SSSR count). The second kappa shape index (κ2) is 6.45. The van der Waals surface area contributed by atoms with Crippen molar-refractivity contribution >= 4 is 23.2 Å². The average molecular weight is 305 g/mol. The number of thiophene rings is 1. The van der Waals surface area contributed by atoms with Crippen LogP contribution in [0.2, 0.25) is 0 Å². The van der Waals surface area contributed by atoms with Gasteiger partial charge in [-0.05, 0) is 25.3 Å². The Morgan fingerprint density at radius 2 is 2.19 bits per heavy atom. The number of hydrogen-bond acceptors (Lipinski definition) is 5. The van der Waals surface area contributed by atoms with E-state index in [2.05, 4.69) is 15.3 Å². The van der Waals surface area contributed by atoms with Crippen molar-refractivity contribution in [3.05, 3.63) is 45.7 Å². The van der Waals surface area contributed by atoms with E-state index in [1.165, 1.54) is 17.5 Å². The molecule has 0 fully saturated rings. The van der Waals surface area contributed by atoms with Crippen molar-refractivity contribution in [2.45, 2.75) is 26.3 Å². The zero-order valence-electron chi connectivity index (χ0n) is 11.7. The van der Waals surface area contributed by atoms with Crippen LogP contribution in [0, 0.1) is 13.8 Å². The number of nitrogens with one attached hydrogen (secondary N) is 1. The Hall–Kier alpha value is -2.28. The quantitative estimate of drug-likeness (QED) is 0.882. The van der Waals surface area contributed by atoms with Crippen LogP contribution in [-0.4, -0.2) is 27.0 Å². The van der Waals surface area contributed by atoms with Crippen LogP contribution in [0.15, 0.2) is 23.7 Å². The summed E-state index contributed by atoms with van der Waals surface area (Å²) in [7, 11) is 0. The number of carbonyl (C=O) groups excluding carboxylic acids is 1. The van der Waals surface area contributed by atoms with Crippen molar-refractivity contribution in [2.24, 2.45) is 0 Å². The van der Waals surface area contributed by atoms with Crippen molar-refractivity contribution in [3.8, 4) is 0 Å². The van der Waals surface area contributed by atoms with Crippen LogP contribution < -0.4 is 5.32 Å². The number of hydrogen-bond donors (Lipinski definition) is 2. The molecular weight excluding hydrogens is 290 g/mol. The van der Waals surface area contributed by atoms with Crippen molar-refractivity contribution in [3.63, 3.8) is 0 Å². The summed E-state index contributed by atoms with van der Waals surface area (Å²) in [6, 6.07) is 3.06. The Bertz CT molecular complexity index is 655. The van der Waals surface area contributed by atoms with Gasteiger partial charge in [0.05, 0.1) is 23.7 Å². The first-order valence-electron chi connectivity index (χ1n) is 6.33. The topological polar surface area (TPSA) is 92.2 Å². The molecule has 0 spiro atoms. The highest BCUT2D eigenvalue weighted by Crippen LogP contribution is 2.22. The van der Waals surface area contributed by atoms with Crippen LogP contribution in [0.3, 0.4) is 0 Å². The maximum Gasteiger partial charge on any atom is 0.305 e. The molecule has 110 valence electrons. The van der Waals surface area contributed by atoms with Gasteiger partial charge in [-0.25, -0.2) is 9.97 Å². The Morgan fingerprint density at radius 3 is 2.76 bits per heavy atom. The highest BCUT2D eigenvalue weighted by atomic mass is 32.1. The molecule has 0 bridgehead atoms. The summed E-state index contributed by atoms with van der Waals surface area (Å²) in [4.78, 5) is 32.2.